The van der Waals surface area contributed by atoms with Gasteiger partial charge in [0.2, 0.25) is 22.2 Å². The second-order valence-corrected chi connectivity index (χ2v) is 13.0. The Morgan fingerprint density at radius 3 is 2.39 bits per heavy atom. The van der Waals surface area contributed by atoms with Gasteiger partial charge in [-0.2, -0.15) is 0 Å². The Morgan fingerprint density at radius 2 is 1.81 bits per heavy atom. The number of carbonyl (C=O) groups is 1. The Labute approximate surface area is 209 Å². The minimum atomic E-state index is -4.29. The normalized spacial score (nSPS) is 39.3. The van der Waals surface area contributed by atoms with Crippen LogP contribution in [-0.2, 0) is 19.6 Å². The van der Waals surface area contributed by atoms with Crippen LogP contribution in [0.25, 0.3) is 0 Å². The van der Waals surface area contributed by atoms with Crippen LogP contribution in [0, 0.1) is 23.2 Å². The summed E-state index contributed by atoms with van der Waals surface area (Å²) >= 11 is 0. The second-order valence-electron chi connectivity index (χ2n) is 11.3. The van der Waals surface area contributed by atoms with Crippen molar-refractivity contribution < 1.29 is 39.9 Å². The van der Waals surface area contributed by atoms with E-state index >= 15 is 4.39 Å². The lowest BCUT2D eigenvalue weighted by molar-refractivity contribution is -0.140. The van der Waals surface area contributed by atoms with Gasteiger partial charge in [0, 0.05) is 37.6 Å². The van der Waals surface area contributed by atoms with Crippen molar-refractivity contribution in [2.75, 3.05) is 26.3 Å². The predicted octanol–water partition coefficient (Wildman–Crippen LogP) is 3.80. The van der Waals surface area contributed by atoms with Crippen molar-refractivity contribution in [1.29, 1.82) is 0 Å². The van der Waals surface area contributed by atoms with Gasteiger partial charge in [-0.3, -0.25) is 4.79 Å². The number of carbonyl (C=O) groups excluding carboxylic acids is 1. The quantitative estimate of drug-likeness (QED) is 0.448. The fourth-order valence-corrected chi connectivity index (χ4v) is 7.87. The van der Waals surface area contributed by atoms with Gasteiger partial charge in [0.1, 0.15) is 18.5 Å². The zero-order valence-corrected chi connectivity index (χ0v) is 21.4. The number of sulfonamides is 1. The Kier molecular flexibility index (Phi) is 8.56. The molecule has 8 atom stereocenters. The fraction of sp³-hybridized carbons (Fsp3) is 0.958. The molecule has 1 aliphatic heterocycles. The van der Waals surface area contributed by atoms with Crippen LogP contribution >= 0.6 is 0 Å². The van der Waals surface area contributed by atoms with Crippen LogP contribution in [0.3, 0.4) is 0 Å². The molecule has 6 nitrogen and oxygen atoms in total. The Morgan fingerprint density at radius 1 is 1.14 bits per heavy atom. The molecular weight excluding hydrogens is 507 g/mol. The Hall–Kier alpha value is -1.01. The molecule has 1 spiro atoms. The van der Waals surface area contributed by atoms with E-state index in [1.165, 1.54) is 12.0 Å². The summed E-state index contributed by atoms with van der Waals surface area (Å²) in [7, 11) is -3.03. The molecule has 3 aliphatic carbocycles. The average Bonchev–Trinajstić information content (AvgIpc) is 3.54. The molecule has 1 amide bonds. The molecule has 4 fully saturated rings. The maximum atomic E-state index is 15.9. The number of rotatable bonds is 9. The summed E-state index contributed by atoms with van der Waals surface area (Å²) in [6.45, 7) is -0.369. The Balaban J connectivity index is 1.57. The molecule has 4 rings (SSSR count). The smallest absolute Gasteiger partial charge is 0.259 e. The number of likely N-dealkylation sites (tertiary alicyclic amines) is 1. The summed E-state index contributed by atoms with van der Waals surface area (Å²) in [5, 5.41) is 0. The van der Waals surface area contributed by atoms with Gasteiger partial charge in [0.25, 0.3) is 5.91 Å². The highest BCUT2D eigenvalue weighted by atomic mass is 32.2. The second kappa shape index (κ2) is 11.0. The lowest BCUT2D eigenvalue weighted by atomic mass is 9.67. The number of nitrogens with one attached hydrogen (secondary N) is 1. The minimum Gasteiger partial charge on any atom is -0.381 e. The summed E-state index contributed by atoms with van der Waals surface area (Å²) < 4.78 is 103. The molecule has 208 valence electrons. The first kappa shape index (κ1) is 28.0. The lowest BCUT2D eigenvalue weighted by Gasteiger charge is -2.42. The lowest BCUT2D eigenvalue weighted by Crippen LogP contribution is -2.52. The maximum absolute atomic E-state index is 15.9. The number of alkyl halides is 5. The van der Waals surface area contributed by atoms with Crippen molar-refractivity contribution in [1.82, 2.24) is 9.62 Å². The van der Waals surface area contributed by atoms with Gasteiger partial charge in [-0.15, -0.1) is 0 Å². The van der Waals surface area contributed by atoms with E-state index in [-0.39, 0.29) is 32.2 Å². The molecule has 6 unspecified atom stereocenters. The van der Waals surface area contributed by atoms with E-state index in [0.29, 0.717) is 32.1 Å². The topological polar surface area (TPSA) is 75.7 Å². The van der Waals surface area contributed by atoms with Crippen LogP contribution in [0.4, 0.5) is 22.0 Å². The van der Waals surface area contributed by atoms with Crippen LogP contribution in [0.1, 0.15) is 57.8 Å². The summed E-state index contributed by atoms with van der Waals surface area (Å²) in [4.78, 5) is 14.3. The number of ether oxygens (including phenoxy) is 1. The standard InChI is InChI=1S/C24H37F5N2O4S/c1-35-11-19(28)23(32)31-12-24(5-6-24)22(30-36(33,34)13-25)20(31)9-14-3-2-4-18(21(14)29)15-7-16(26)10-17(27)8-15/h14-22,30H,2-13H2,1H3/t14?,15?,16?,17?,18?,19?,20-,21?,22+/m0/s1. The molecule has 1 heterocycles. The van der Waals surface area contributed by atoms with Crippen molar-refractivity contribution in [2.45, 2.75) is 94.6 Å². The third-order valence-corrected chi connectivity index (χ3v) is 9.79. The van der Waals surface area contributed by atoms with E-state index < -0.39 is 88.5 Å². The number of hydrogen-bond acceptors (Lipinski definition) is 4. The average molecular weight is 545 g/mol. The van der Waals surface area contributed by atoms with Crippen molar-refractivity contribution in [3.05, 3.63) is 0 Å². The van der Waals surface area contributed by atoms with E-state index in [4.69, 9.17) is 4.74 Å². The zero-order valence-electron chi connectivity index (χ0n) is 20.6. The number of halogens is 5. The summed E-state index contributed by atoms with van der Waals surface area (Å²) in [6, 6.07) is -3.35. The third kappa shape index (κ3) is 5.85. The molecule has 0 radical (unpaired) electrons. The highest BCUT2D eigenvalue weighted by Crippen LogP contribution is 2.57. The summed E-state index contributed by atoms with van der Waals surface area (Å²) in [6.07, 6.45) is -3.02. The van der Waals surface area contributed by atoms with Crippen molar-refractivity contribution in [3.63, 3.8) is 0 Å². The highest BCUT2D eigenvalue weighted by molar-refractivity contribution is 7.89. The van der Waals surface area contributed by atoms with Gasteiger partial charge in [0.05, 0.1) is 6.61 Å². The monoisotopic (exact) mass is 544 g/mol. The molecule has 1 N–H and O–H groups in total. The molecular formula is C24H37F5N2O4S. The largest absolute Gasteiger partial charge is 0.381 e. The molecule has 0 aromatic rings. The van der Waals surface area contributed by atoms with Gasteiger partial charge in [-0.05, 0) is 62.7 Å². The van der Waals surface area contributed by atoms with E-state index in [2.05, 4.69) is 4.72 Å². The third-order valence-electron chi connectivity index (χ3n) is 8.89. The van der Waals surface area contributed by atoms with E-state index in [0.717, 1.165) is 0 Å². The van der Waals surface area contributed by atoms with Gasteiger partial charge in [-0.25, -0.2) is 35.1 Å². The minimum absolute atomic E-state index is 0.0646. The van der Waals surface area contributed by atoms with Crippen molar-refractivity contribution >= 4 is 15.9 Å². The first-order valence-corrected chi connectivity index (χ1v) is 14.6. The predicted molar refractivity (Wildman–Crippen MR) is 123 cm³/mol. The fourth-order valence-electron chi connectivity index (χ4n) is 7.01. The molecule has 4 aliphatic rings. The van der Waals surface area contributed by atoms with E-state index in [9.17, 15) is 30.8 Å². The van der Waals surface area contributed by atoms with Gasteiger partial charge in [0.15, 0.2) is 0 Å². The first-order chi connectivity index (χ1) is 17.0. The number of hydrogen-bond donors (Lipinski definition) is 1. The van der Waals surface area contributed by atoms with E-state index in [1.807, 2.05) is 0 Å². The van der Waals surface area contributed by atoms with Gasteiger partial charge in [-0.1, -0.05) is 6.42 Å². The van der Waals surface area contributed by atoms with Crippen LogP contribution < -0.4 is 4.72 Å². The molecule has 36 heavy (non-hydrogen) atoms. The molecule has 12 heteroatoms. The number of amides is 1. The zero-order chi connectivity index (χ0) is 26.3. The highest BCUT2D eigenvalue weighted by Gasteiger charge is 2.62. The van der Waals surface area contributed by atoms with Gasteiger partial charge >= 0.3 is 0 Å². The van der Waals surface area contributed by atoms with Crippen LogP contribution in [0.15, 0.2) is 0 Å². The molecule has 1 saturated heterocycles. The molecule has 0 bridgehead atoms. The van der Waals surface area contributed by atoms with Crippen LogP contribution in [0.2, 0.25) is 0 Å². The van der Waals surface area contributed by atoms with Crippen LogP contribution in [0.5, 0.6) is 0 Å². The Bertz CT molecular complexity index is 882. The van der Waals surface area contributed by atoms with Gasteiger partial charge < -0.3 is 9.64 Å². The van der Waals surface area contributed by atoms with Crippen molar-refractivity contribution in [2.24, 2.45) is 23.2 Å². The van der Waals surface area contributed by atoms with Crippen LogP contribution in [-0.4, -0.2) is 82.3 Å². The molecule has 0 aromatic heterocycles. The number of nitrogens with zero attached hydrogens (tertiary/aromatic N) is 1. The molecule has 0 aromatic carbocycles. The first-order valence-electron chi connectivity index (χ1n) is 12.9. The van der Waals surface area contributed by atoms with E-state index in [1.54, 1.807) is 0 Å². The summed E-state index contributed by atoms with van der Waals surface area (Å²) in [5.74, 6) is -2.39. The molecule has 3 saturated carbocycles. The SMILES string of the molecule is COCC(F)C(=O)N1CC2(CC2)[C@H](NS(=O)(=O)CF)[C@@H]1CC1CCCC(C2CC(F)CC(F)C2)C1F. The van der Waals surface area contributed by atoms with Crippen molar-refractivity contribution in [3.8, 4) is 0 Å². The number of methoxy groups -OCH3 is 1. The summed E-state index contributed by atoms with van der Waals surface area (Å²) in [5.41, 5.74) is -0.637. The maximum Gasteiger partial charge on any atom is 0.259 e.